The zero-order valence-electron chi connectivity index (χ0n) is 11.3. The third kappa shape index (κ3) is 4.35. The molecule has 19 heavy (non-hydrogen) atoms. The Balaban J connectivity index is 1.86. The lowest BCUT2D eigenvalue weighted by molar-refractivity contribution is 0.252. The molecule has 0 radical (unpaired) electrons. The topological polar surface area (TPSA) is 15.3 Å². The van der Waals surface area contributed by atoms with Gasteiger partial charge in [-0.1, -0.05) is 11.8 Å². The molecule has 1 N–H and O–H groups in total. The van der Waals surface area contributed by atoms with Crippen LogP contribution in [0, 0.1) is 0 Å². The van der Waals surface area contributed by atoms with Crippen LogP contribution >= 0.6 is 11.8 Å². The van der Waals surface area contributed by atoms with E-state index in [-0.39, 0.29) is 0 Å². The monoisotopic (exact) mass is 286 g/mol. The van der Waals surface area contributed by atoms with Crippen LogP contribution in [0.3, 0.4) is 0 Å². The first-order valence-corrected chi connectivity index (χ1v) is 7.48. The standard InChI is InChI=1S/C14H20F2N2S/c1-10(2)18-8-7-12(9-18)17-11-3-5-13(6-4-11)19-14(15)16/h3-6,10,12,14,17H,7-9H2,1-2H3. The van der Waals surface area contributed by atoms with Gasteiger partial charge in [0.05, 0.1) is 0 Å². The van der Waals surface area contributed by atoms with E-state index >= 15 is 0 Å². The van der Waals surface area contributed by atoms with Gasteiger partial charge in [-0.3, -0.25) is 4.90 Å². The number of rotatable bonds is 5. The number of anilines is 1. The summed E-state index contributed by atoms with van der Waals surface area (Å²) in [4.78, 5) is 3.05. The van der Waals surface area contributed by atoms with Crippen molar-refractivity contribution < 1.29 is 8.78 Å². The number of hydrogen-bond acceptors (Lipinski definition) is 3. The Labute approximate surface area is 117 Å². The van der Waals surface area contributed by atoms with Gasteiger partial charge in [0.1, 0.15) is 0 Å². The van der Waals surface area contributed by atoms with E-state index in [9.17, 15) is 8.78 Å². The van der Waals surface area contributed by atoms with E-state index in [2.05, 4.69) is 24.1 Å². The molecule has 0 saturated carbocycles. The van der Waals surface area contributed by atoms with Crippen molar-refractivity contribution in [1.29, 1.82) is 0 Å². The molecule has 1 heterocycles. The Hall–Kier alpha value is -0.810. The number of hydrogen-bond donors (Lipinski definition) is 1. The molecule has 0 amide bonds. The van der Waals surface area contributed by atoms with Gasteiger partial charge < -0.3 is 5.32 Å². The average molecular weight is 286 g/mol. The Morgan fingerprint density at radius 2 is 1.95 bits per heavy atom. The molecule has 5 heteroatoms. The Bertz CT molecular complexity index is 395. The summed E-state index contributed by atoms with van der Waals surface area (Å²) in [7, 11) is 0. The highest BCUT2D eigenvalue weighted by Gasteiger charge is 2.23. The third-order valence-electron chi connectivity index (χ3n) is 3.40. The lowest BCUT2D eigenvalue weighted by atomic mass is 10.2. The van der Waals surface area contributed by atoms with Crippen LogP contribution in [0.15, 0.2) is 29.2 Å². The molecule has 1 saturated heterocycles. The molecular formula is C14H20F2N2S. The zero-order valence-corrected chi connectivity index (χ0v) is 12.1. The van der Waals surface area contributed by atoms with E-state index in [0.717, 1.165) is 25.2 Å². The molecule has 1 aliphatic heterocycles. The molecule has 2 nitrogen and oxygen atoms in total. The van der Waals surface area contributed by atoms with Gasteiger partial charge in [0.2, 0.25) is 0 Å². The van der Waals surface area contributed by atoms with Crippen molar-refractivity contribution in [2.24, 2.45) is 0 Å². The van der Waals surface area contributed by atoms with Gasteiger partial charge in [0.15, 0.2) is 0 Å². The fourth-order valence-corrected chi connectivity index (χ4v) is 2.84. The Morgan fingerprint density at radius 1 is 1.26 bits per heavy atom. The molecule has 1 aromatic carbocycles. The summed E-state index contributed by atoms with van der Waals surface area (Å²) in [6, 6.07) is 8.28. The fraction of sp³-hybridized carbons (Fsp3) is 0.571. The van der Waals surface area contributed by atoms with Crippen LogP contribution in [-0.2, 0) is 0 Å². The van der Waals surface area contributed by atoms with Crippen LogP contribution in [0.1, 0.15) is 20.3 Å². The molecule has 1 aromatic rings. The summed E-state index contributed by atoms with van der Waals surface area (Å²) in [5.41, 5.74) is 1.01. The van der Waals surface area contributed by atoms with E-state index < -0.39 is 5.76 Å². The van der Waals surface area contributed by atoms with Crippen LogP contribution < -0.4 is 5.32 Å². The van der Waals surface area contributed by atoms with Gasteiger partial charge in [-0.05, 0) is 44.5 Å². The summed E-state index contributed by atoms with van der Waals surface area (Å²) in [5, 5.41) is 3.47. The second-order valence-electron chi connectivity index (χ2n) is 5.12. The predicted octanol–water partition coefficient (Wildman–Crippen LogP) is 3.90. The highest BCUT2D eigenvalue weighted by molar-refractivity contribution is 7.99. The first kappa shape index (κ1) is 14.6. The van der Waals surface area contributed by atoms with Gasteiger partial charge >= 0.3 is 0 Å². The Kier molecular flexibility index (Phi) is 5.05. The van der Waals surface area contributed by atoms with Crippen molar-refractivity contribution in [3.63, 3.8) is 0 Å². The minimum absolute atomic E-state index is 0.455. The van der Waals surface area contributed by atoms with Gasteiger partial charge in [-0.15, -0.1) is 0 Å². The number of likely N-dealkylation sites (tertiary alicyclic amines) is 1. The van der Waals surface area contributed by atoms with E-state index in [1.54, 1.807) is 12.1 Å². The summed E-state index contributed by atoms with van der Waals surface area (Å²) in [6.07, 6.45) is 1.13. The molecule has 1 unspecified atom stereocenters. The van der Waals surface area contributed by atoms with Crippen LogP contribution in [-0.4, -0.2) is 35.8 Å². The first-order chi connectivity index (χ1) is 9.04. The van der Waals surface area contributed by atoms with Crippen LogP contribution in [0.4, 0.5) is 14.5 Å². The highest BCUT2D eigenvalue weighted by atomic mass is 32.2. The van der Waals surface area contributed by atoms with E-state index in [4.69, 9.17) is 0 Å². The normalized spacial score (nSPS) is 20.4. The van der Waals surface area contributed by atoms with E-state index in [0.29, 0.717) is 28.7 Å². The molecule has 0 aliphatic carbocycles. The second kappa shape index (κ2) is 6.57. The summed E-state index contributed by atoms with van der Waals surface area (Å²) in [6.45, 7) is 6.58. The number of halogens is 2. The minimum Gasteiger partial charge on any atom is -0.381 e. The van der Waals surface area contributed by atoms with Crippen molar-refractivity contribution in [3.05, 3.63) is 24.3 Å². The fourth-order valence-electron chi connectivity index (χ4n) is 2.34. The smallest absolute Gasteiger partial charge is 0.288 e. The number of nitrogens with one attached hydrogen (secondary N) is 1. The third-order valence-corrected chi connectivity index (χ3v) is 4.12. The molecular weight excluding hydrogens is 266 g/mol. The molecule has 0 bridgehead atoms. The maximum Gasteiger partial charge on any atom is 0.288 e. The summed E-state index contributed by atoms with van der Waals surface area (Å²) >= 11 is 0.585. The summed E-state index contributed by atoms with van der Waals surface area (Å²) < 4.78 is 24.4. The highest BCUT2D eigenvalue weighted by Crippen LogP contribution is 2.26. The minimum atomic E-state index is -2.35. The van der Waals surface area contributed by atoms with Crippen molar-refractivity contribution in [2.45, 2.75) is 43.0 Å². The maximum absolute atomic E-state index is 12.2. The number of alkyl halides is 2. The van der Waals surface area contributed by atoms with E-state index in [1.807, 2.05) is 12.1 Å². The van der Waals surface area contributed by atoms with Gasteiger partial charge in [0.25, 0.3) is 5.76 Å². The molecule has 1 atom stereocenters. The zero-order chi connectivity index (χ0) is 13.8. The number of thioether (sulfide) groups is 1. The van der Waals surface area contributed by atoms with Crippen molar-refractivity contribution in [2.75, 3.05) is 18.4 Å². The maximum atomic E-state index is 12.2. The lowest BCUT2D eigenvalue weighted by Gasteiger charge is -2.20. The molecule has 0 aromatic heterocycles. The molecule has 1 fully saturated rings. The first-order valence-electron chi connectivity index (χ1n) is 6.60. The van der Waals surface area contributed by atoms with Crippen molar-refractivity contribution >= 4 is 17.4 Å². The number of nitrogens with zero attached hydrogens (tertiary/aromatic N) is 1. The molecule has 0 spiro atoms. The lowest BCUT2D eigenvalue weighted by Crippen LogP contribution is -2.31. The largest absolute Gasteiger partial charge is 0.381 e. The summed E-state index contributed by atoms with van der Waals surface area (Å²) in [5.74, 6) is -2.35. The quantitative estimate of drug-likeness (QED) is 0.827. The van der Waals surface area contributed by atoms with E-state index in [1.165, 1.54) is 0 Å². The average Bonchev–Trinajstić information content (AvgIpc) is 2.80. The second-order valence-corrected chi connectivity index (χ2v) is 6.18. The van der Waals surface area contributed by atoms with Crippen LogP contribution in [0.5, 0.6) is 0 Å². The van der Waals surface area contributed by atoms with Gasteiger partial charge in [0, 0.05) is 35.8 Å². The predicted molar refractivity (Wildman–Crippen MR) is 77.0 cm³/mol. The van der Waals surface area contributed by atoms with Crippen molar-refractivity contribution in [1.82, 2.24) is 4.90 Å². The van der Waals surface area contributed by atoms with Crippen LogP contribution in [0.2, 0.25) is 0 Å². The van der Waals surface area contributed by atoms with Crippen molar-refractivity contribution in [3.8, 4) is 0 Å². The SMILES string of the molecule is CC(C)N1CCC(Nc2ccc(SC(F)F)cc2)C1. The molecule has 1 aliphatic rings. The molecule has 106 valence electrons. The van der Waals surface area contributed by atoms with Gasteiger partial charge in [-0.2, -0.15) is 8.78 Å². The molecule has 2 rings (SSSR count). The van der Waals surface area contributed by atoms with Crippen LogP contribution in [0.25, 0.3) is 0 Å². The van der Waals surface area contributed by atoms with Gasteiger partial charge in [-0.25, -0.2) is 0 Å². The number of benzene rings is 1. The Morgan fingerprint density at radius 3 is 2.47 bits per heavy atom.